The lowest BCUT2D eigenvalue weighted by Gasteiger charge is -2.31. The van der Waals surface area contributed by atoms with Crippen molar-refractivity contribution in [2.24, 2.45) is 11.7 Å². The highest BCUT2D eigenvalue weighted by molar-refractivity contribution is 5.91. The first kappa shape index (κ1) is 13.9. The molecule has 2 N–H and O–H groups in total. The van der Waals surface area contributed by atoms with Gasteiger partial charge in [-0.15, -0.1) is 0 Å². The zero-order chi connectivity index (χ0) is 13.7. The van der Waals surface area contributed by atoms with Crippen molar-refractivity contribution in [2.45, 2.75) is 32.2 Å². The van der Waals surface area contributed by atoms with Crippen LogP contribution in [0, 0.1) is 5.92 Å². The fourth-order valence-corrected chi connectivity index (χ4v) is 2.89. The number of likely N-dealkylation sites (N-methyl/N-ethyl adjacent to an activating group) is 1. The van der Waals surface area contributed by atoms with E-state index >= 15 is 0 Å². The van der Waals surface area contributed by atoms with Crippen LogP contribution in [0.25, 0.3) is 6.08 Å². The van der Waals surface area contributed by atoms with Crippen LogP contribution < -0.4 is 5.73 Å². The molecule has 4 heteroatoms. The molecule has 0 spiro atoms. The van der Waals surface area contributed by atoms with E-state index in [0.717, 1.165) is 25.8 Å². The molecule has 1 saturated carbocycles. The summed E-state index contributed by atoms with van der Waals surface area (Å²) in [5.74, 6) is 1.19. The van der Waals surface area contributed by atoms with Crippen LogP contribution in [0.15, 0.2) is 28.9 Å². The molecular weight excluding hydrogens is 240 g/mol. The summed E-state index contributed by atoms with van der Waals surface area (Å²) < 4.78 is 5.19. The van der Waals surface area contributed by atoms with E-state index in [4.69, 9.17) is 10.2 Å². The van der Waals surface area contributed by atoms with Crippen LogP contribution in [0.5, 0.6) is 0 Å². The van der Waals surface area contributed by atoms with Crippen LogP contribution >= 0.6 is 0 Å². The summed E-state index contributed by atoms with van der Waals surface area (Å²) in [5, 5.41) is 0. The number of hydrogen-bond donors (Lipinski definition) is 1. The molecule has 19 heavy (non-hydrogen) atoms. The van der Waals surface area contributed by atoms with Crippen molar-refractivity contribution in [1.29, 1.82) is 0 Å². The number of amides is 1. The first-order chi connectivity index (χ1) is 9.26. The third-order valence-electron chi connectivity index (χ3n) is 3.88. The van der Waals surface area contributed by atoms with Gasteiger partial charge in [0.25, 0.3) is 0 Å². The quantitative estimate of drug-likeness (QED) is 0.828. The molecule has 2 unspecified atom stereocenters. The van der Waals surface area contributed by atoms with Crippen LogP contribution in [-0.4, -0.2) is 29.9 Å². The van der Waals surface area contributed by atoms with Gasteiger partial charge in [0.05, 0.1) is 6.26 Å². The number of nitrogens with two attached hydrogens (primary N) is 1. The molecular formula is C15H22N2O2. The Balaban J connectivity index is 2.02. The molecule has 0 aliphatic heterocycles. The molecule has 0 saturated heterocycles. The van der Waals surface area contributed by atoms with E-state index in [9.17, 15) is 4.79 Å². The molecule has 0 bridgehead atoms. The van der Waals surface area contributed by atoms with E-state index in [1.54, 1.807) is 18.4 Å². The average Bonchev–Trinajstić information content (AvgIpc) is 3.08. The van der Waals surface area contributed by atoms with Crippen molar-refractivity contribution in [3.8, 4) is 0 Å². The van der Waals surface area contributed by atoms with Gasteiger partial charge in [-0.05, 0) is 50.4 Å². The molecule has 2 atom stereocenters. The largest absolute Gasteiger partial charge is 0.465 e. The van der Waals surface area contributed by atoms with Gasteiger partial charge in [0.1, 0.15) is 5.76 Å². The van der Waals surface area contributed by atoms with Crippen LogP contribution in [0.1, 0.15) is 31.9 Å². The maximum Gasteiger partial charge on any atom is 0.246 e. The third-order valence-corrected chi connectivity index (χ3v) is 3.88. The summed E-state index contributed by atoms with van der Waals surface area (Å²) in [6.07, 6.45) is 8.27. The Kier molecular flexibility index (Phi) is 4.80. The van der Waals surface area contributed by atoms with Gasteiger partial charge in [0.2, 0.25) is 5.91 Å². The highest BCUT2D eigenvalue weighted by Crippen LogP contribution is 2.29. The summed E-state index contributed by atoms with van der Waals surface area (Å²) >= 11 is 0. The summed E-state index contributed by atoms with van der Waals surface area (Å²) in [5.41, 5.74) is 5.80. The molecule has 4 nitrogen and oxygen atoms in total. The summed E-state index contributed by atoms with van der Waals surface area (Å²) in [6, 6.07) is 3.94. The smallest absolute Gasteiger partial charge is 0.246 e. The summed E-state index contributed by atoms with van der Waals surface area (Å²) in [7, 11) is 0. The lowest BCUT2D eigenvalue weighted by molar-refractivity contribution is -0.128. The second-order valence-corrected chi connectivity index (χ2v) is 4.97. The molecule has 0 aromatic carbocycles. The van der Waals surface area contributed by atoms with Gasteiger partial charge in [0.15, 0.2) is 0 Å². The Bertz CT molecular complexity index is 425. The first-order valence-electron chi connectivity index (χ1n) is 6.98. The van der Waals surface area contributed by atoms with Crippen molar-refractivity contribution in [1.82, 2.24) is 4.90 Å². The normalized spacial score (nSPS) is 23.1. The lowest BCUT2D eigenvalue weighted by atomic mass is 10.0. The number of carbonyl (C=O) groups is 1. The van der Waals surface area contributed by atoms with Gasteiger partial charge >= 0.3 is 0 Å². The minimum atomic E-state index is 0.0456. The number of hydrogen-bond acceptors (Lipinski definition) is 3. The van der Waals surface area contributed by atoms with E-state index in [-0.39, 0.29) is 5.91 Å². The van der Waals surface area contributed by atoms with Gasteiger partial charge in [-0.1, -0.05) is 6.42 Å². The second-order valence-electron chi connectivity index (χ2n) is 4.97. The first-order valence-corrected chi connectivity index (χ1v) is 6.98. The minimum absolute atomic E-state index is 0.0456. The van der Waals surface area contributed by atoms with Crippen molar-refractivity contribution >= 4 is 12.0 Å². The Labute approximate surface area is 114 Å². The summed E-state index contributed by atoms with van der Waals surface area (Å²) in [6.45, 7) is 3.41. The summed E-state index contributed by atoms with van der Waals surface area (Å²) in [4.78, 5) is 14.2. The van der Waals surface area contributed by atoms with Gasteiger partial charge < -0.3 is 15.1 Å². The minimum Gasteiger partial charge on any atom is -0.465 e. The second kappa shape index (κ2) is 6.57. The maximum atomic E-state index is 12.3. The monoisotopic (exact) mass is 262 g/mol. The Morgan fingerprint density at radius 1 is 1.58 bits per heavy atom. The molecule has 1 fully saturated rings. The zero-order valence-electron chi connectivity index (χ0n) is 11.4. The molecule has 1 aliphatic rings. The van der Waals surface area contributed by atoms with Crippen LogP contribution in [0.3, 0.4) is 0 Å². The van der Waals surface area contributed by atoms with E-state index < -0.39 is 0 Å². The van der Waals surface area contributed by atoms with Crippen LogP contribution in [0.2, 0.25) is 0 Å². The molecule has 1 aliphatic carbocycles. The molecule has 2 rings (SSSR count). The van der Waals surface area contributed by atoms with Crippen LogP contribution in [0.4, 0.5) is 0 Å². The third kappa shape index (κ3) is 3.26. The molecule has 1 aromatic heterocycles. The Morgan fingerprint density at radius 2 is 2.42 bits per heavy atom. The van der Waals surface area contributed by atoms with Crippen molar-refractivity contribution < 1.29 is 9.21 Å². The van der Waals surface area contributed by atoms with Crippen molar-refractivity contribution in [3.05, 3.63) is 30.2 Å². The van der Waals surface area contributed by atoms with Crippen molar-refractivity contribution in [2.75, 3.05) is 13.1 Å². The van der Waals surface area contributed by atoms with E-state index in [1.807, 2.05) is 24.0 Å². The predicted octanol–water partition coefficient (Wildman–Crippen LogP) is 2.27. The topological polar surface area (TPSA) is 59.5 Å². The van der Waals surface area contributed by atoms with E-state index in [2.05, 4.69) is 0 Å². The molecule has 0 radical (unpaired) electrons. The number of carbonyl (C=O) groups excluding carboxylic acids is 1. The number of nitrogens with zero attached hydrogens (tertiary/aromatic N) is 1. The lowest BCUT2D eigenvalue weighted by Crippen LogP contribution is -2.43. The highest BCUT2D eigenvalue weighted by Gasteiger charge is 2.32. The van der Waals surface area contributed by atoms with E-state index in [0.29, 0.717) is 24.3 Å². The molecule has 104 valence electrons. The van der Waals surface area contributed by atoms with Crippen molar-refractivity contribution in [3.63, 3.8) is 0 Å². The molecule has 1 heterocycles. The van der Waals surface area contributed by atoms with Gasteiger partial charge in [-0.2, -0.15) is 0 Å². The average molecular weight is 262 g/mol. The van der Waals surface area contributed by atoms with Gasteiger partial charge in [-0.3, -0.25) is 4.79 Å². The van der Waals surface area contributed by atoms with E-state index in [1.165, 1.54) is 0 Å². The fourth-order valence-electron chi connectivity index (χ4n) is 2.89. The Hall–Kier alpha value is -1.55. The Morgan fingerprint density at radius 3 is 3.05 bits per heavy atom. The van der Waals surface area contributed by atoms with Gasteiger partial charge in [0, 0.05) is 18.7 Å². The zero-order valence-corrected chi connectivity index (χ0v) is 11.4. The highest BCUT2D eigenvalue weighted by atomic mass is 16.3. The SMILES string of the molecule is CCN(C(=O)C=Cc1ccco1)C1CCCC1CN. The molecule has 1 aromatic rings. The standard InChI is InChI=1S/C15H22N2O2/c1-2-17(14-7-3-5-12(14)11-16)15(18)9-8-13-6-4-10-19-13/h4,6,8-10,12,14H,2-3,5,7,11,16H2,1H3. The molecule has 1 amide bonds. The fraction of sp³-hybridized carbons (Fsp3) is 0.533. The number of rotatable bonds is 5. The predicted molar refractivity (Wildman–Crippen MR) is 75.3 cm³/mol. The van der Waals surface area contributed by atoms with Gasteiger partial charge in [-0.25, -0.2) is 0 Å². The number of furan rings is 1. The van der Waals surface area contributed by atoms with Crippen LogP contribution in [-0.2, 0) is 4.79 Å². The maximum absolute atomic E-state index is 12.3.